The van der Waals surface area contributed by atoms with E-state index in [9.17, 15) is 4.79 Å². The molecule has 2 N–H and O–H groups in total. The van der Waals surface area contributed by atoms with Crippen LogP contribution in [0, 0.1) is 0 Å². The predicted octanol–water partition coefficient (Wildman–Crippen LogP) is 4.06. The lowest BCUT2D eigenvalue weighted by atomic mass is 9.99. The monoisotopic (exact) mass is 265 g/mol. The van der Waals surface area contributed by atoms with Crippen molar-refractivity contribution in [3.63, 3.8) is 0 Å². The molecule has 0 aliphatic rings. The van der Waals surface area contributed by atoms with E-state index >= 15 is 0 Å². The topological polar surface area (TPSA) is 43.1 Å². The molecule has 2 aromatic carbocycles. The summed E-state index contributed by atoms with van der Waals surface area (Å²) in [5.41, 5.74) is 8.19. The molecule has 0 aliphatic carbocycles. The molecule has 0 fully saturated rings. The molecule has 0 saturated carbocycles. The highest BCUT2D eigenvalue weighted by molar-refractivity contribution is 6.34. The summed E-state index contributed by atoms with van der Waals surface area (Å²) in [6.45, 7) is 0. The quantitative estimate of drug-likeness (QED) is 0.658. The van der Waals surface area contributed by atoms with E-state index in [1.807, 2.05) is 0 Å². The van der Waals surface area contributed by atoms with Gasteiger partial charge in [-0.25, -0.2) is 0 Å². The van der Waals surface area contributed by atoms with Gasteiger partial charge < -0.3 is 5.73 Å². The number of nitrogen functional groups attached to an aromatic ring is 1. The Morgan fingerprint density at radius 1 is 1.12 bits per heavy atom. The predicted molar refractivity (Wildman–Crippen MR) is 71.7 cm³/mol. The Labute approximate surface area is 109 Å². The van der Waals surface area contributed by atoms with Crippen molar-refractivity contribution < 1.29 is 4.79 Å². The zero-order valence-electron chi connectivity index (χ0n) is 8.78. The zero-order valence-corrected chi connectivity index (χ0v) is 10.3. The Morgan fingerprint density at radius 2 is 1.88 bits per heavy atom. The number of carbonyl (C=O) groups excluding carboxylic acids is 1. The minimum Gasteiger partial charge on any atom is -0.398 e. The van der Waals surface area contributed by atoms with Crippen LogP contribution in [-0.4, -0.2) is 6.29 Å². The fraction of sp³-hybridized carbons (Fsp3) is 0. The Kier molecular flexibility index (Phi) is 3.36. The molecule has 0 aliphatic heterocycles. The Morgan fingerprint density at radius 3 is 2.59 bits per heavy atom. The summed E-state index contributed by atoms with van der Waals surface area (Å²) in [7, 11) is 0. The van der Waals surface area contributed by atoms with Crippen LogP contribution in [0.5, 0.6) is 0 Å². The minimum absolute atomic E-state index is 0.476. The van der Waals surface area contributed by atoms with Gasteiger partial charge in [-0.3, -0.25) is 4.79 Å². The summed E-state index contributed by atoms with van der Waals surface area (Å²) >= 11 is 12.0. The van der Waals surface area contributed by atoms with Crippen molar-refractivity contribution in [2.24, 2.45) is 0 Å². The van der Waals surface area contributed by atoms with Gasteiger partial charge in [0.25, 0.3) is 0 Å². The maximum absolute atomic E-state index is 11.0. The van der Waals surface area contributed by atoms with Crippen molar-refractivity contribution in [3.05, 3.63) is 52.0 Å². The van der Waals surface area contributed by atoms with Crippen LogP contribution in [0.3, 0.4) is 0 Å². The van der Waals surface area contributed by atoms with E-state index < -0.39 is 0 Å². The Bertz CT molecular complexity index is 582. The fourth-order valence-electron chi connectivity index (χ4n) is 1.67. The summed E-state index contributed by atoms with van der Waals surface area (Å²) in [6.07, 6.45) is 0.752. The number of benzene rings is 2. The van der Waals surface area contributed by atoms with Crippen molar-refractivity contribution in [1.82, 2.24) is 0 Å². The first-order valence-electron chi connectivity index (χ1n) is 4.92. The molecule has 0 saturated heterocycles. The minimum atomic E-state index is 0.476. The maximum atomic E-state index is 11.0. The molecule has 86 valence electrons. The molecule has 0 atom stereocenters. The molecule has 2 rings (SSSR count). The van der Waals surface area contributed by atoms with Crippen molar-refractivity contribution in [3.8, 4) is 11.1 Å². The molecule has 4 heteroatoms. The number of anilines is 1. The second-order valence-electron chi connectivity index (χ2n) is 3.55. The maximum Gasteiger partial charge on any atom is 0.150 e. The van der Waals surface area contributed by atoms with Gasteiger partial charge in [-0.15, -0.1) is 0 Å². The summed E-state index contributed by atoms with van der Waals surface area (Å²) in [6, 6.07) is 10.2. The molecule has 0 spiro atoms. The van der Waals surface area contributed by atoms with E-state index in [2.05, 4.69) is 0 Å². The van der Waals surface area contributed by atoms with Crippen molar-refractivity contribution in [2.75, 3.05) is 5.73 Å². The highest BCUT2D eigenvalue weighted by Gasteiger charge is 2.12. The van der Waals surface area contributed by atoms with Crippen molar-refractivity contribution >= 4 is 35.2 Å². The fourth-order valence-corrected chi connectivity index (χ4v) is 2.12. The molecular weight excluding hydrogens is 257 g/mol. The lowest BCUT2D eigenvalue weighted by molar-refractivity contribution is 0.112. The van der Waals surface area contributed by atoms with Gasteiger partial charge in [0.2, 0.25) is 0 Å². The third kappa shape index (κ3) is 2.28. The normalized spacial score (nSPS) is 10.2. The van der Waals surface area contributed by atoms with Gasteiger partial charge in [0.15, 0.2) is 6.29 Å². The number of halogens is 2. The van der Waals surface area contributed by atoms with Gasteiger partial charge >= 0.3 is 0 Å². The van der Waals surface area contributed by atoms with Gasteiger partial charge in [-0.1, -0.05) is 35.3 Å². The SMILES string of the molecule is Nc1ccc(Cl)cc1-c1c(Cl)cccc1C=O. The standard InChI is InChI=1S/C13H9Cl2NO/c14-9-4-5-12(16)10(6-9)13-8(7-17)2-1-3-11(13)15/h1-7H,16H2. The van der Waals surface area contributed by atoms with Gasteiger partial charge in [0.05, 0.1) is 0 Å². The highest BCUT2D eigenvalue weighted by atomic mass is 35.5. The molecule has 0 bridgehead atoms. The summed E-state index contributed by atoms with van der Waals surface area (Å²) in [5.74, 6) is 0. The van der Waals surface area contributed by atoms with Crippen LogP contribution < -0.4 is 5.73 Å². The number of nitrogens with two attached hydrogens (primary N) is 1. The van der Waals surface area contributed by atoms with E-state index in [0.29, 0.717) is 32.4 Å². The number of rotatable bonds is 2. The molecule has 2 aromatic rings. The van der Waals surface area contributed by atoms with Crippen LogP contribution in [0.15, 0.2) is 36.4 Å². The van der Waals surface area contributed by atoms with Crippen molar-refractivity contribution in [1.29, 1.82) is 0 Å². The third-order valence-corrected chi connectivity index (χ3v) is 3.01. The van der Waals surface area contributed by atoms with Crippen LogP contribution in [-0.2, 0) is 0 Å². The van der Waals surface area contributed by atoms with Crippen LogP contribution in [0.4, 0.5) is 5.69 Å². The van der Waals surface area contributed by atoms with E-state index in [4.69, 9.17) is 28.9 Å². The average molecular weight is 266 g/mol. The molecule has 0 aromatic heterocycles. The summed E-state index contributed by atoms with van der Waals surface area (Å²) < 4.78 is 0. The van der Waals surface area contributed by atoms with Crippen LogP contribution in [0.1, 0.15) is 10.4 Å². The van der Waals surface area contributed by atoms with Crippen LogP contribution in [0.25, 0.3) is 11.1 Å². The van der Waals surface area contributed by atoms with Crippen LogP contribution >= 0.6 is 23.2 Å². The molecule has 0 unspecified atom stereocenters. The third-order valence-electron chi connectivity index (χ3n) is 2.46. The lowest BCUT2D eigenvalue weighted by Crippen LogP contribution is -1.94. The van der Waals surface area contributed by atoms with Gasteiger partial charge in [0.1, 0.15) is 0 Å². The van der Waals surface area contributed by atoms with E-state index in [1.54, 1.807) is 36.4 Å². The number of aldehydes is 1. The molecule has 0 heterocycles. The molecule has 17 heavy (non-hydrogen) atoms. The first-order chi connectivity index (χ1) is 8.13. The van der Waals surface area contributed by atoms with Crippen molar-refractivity contribution in [2.45, 2.75) is 0 Å². The number of hydrogen-bond donors (Lipinski definition) is 1. The average Bonchev–Trinajstić information content (AvgIpc) is 2.32. The Balaban J connectivity index is 2.75. The first-order valence-corrected chi connectivity index (χ1v) is 5.68. The van der Waals surface area contributed by atoms with E-state index in [1.165, 1.54) is 0 Å². The summed E-state index contributed by atoms with van der Waals surface area (Å²) in [5, 5.41) is 1.02. The number of hydrogen-bond acceptors (Lipinski definition) is 2. The molecule has 0 radical (unpaired) electrons. The number of carbonyl (C=O) groups is 1. The second-order valence-corrected chi connectivity index (χ2v) is 4.40. The summed E-state index contributed by atoms with van der Waals surface area (Å²) in [4.78, 5) is 11.0. The molecule has 0 amide bonds. The largest absolute Gasteiger partial charge is 0.398 e. The van der Waals surface area contributed by atoms with Gasteiger partial charge in [-0.2, -0.15) is 0 Å². The van der Waals surface area contributed by atoms with E-state index in [0.717, 1.165) is 6.29 Å². The van der Waals surface area contributed by atoms with E-state index in [-0.39, 0.29) is 0 Å². The zero-order chi connectivity index (χ0) is 12.4. The van der Waals surface area contributed by atoms with Gasteiger partial charge in [-0.05, 0) is 24.3 Å². The van der Waals surface area contributed by atoms with Crippen LogP contribution in [0.2, 0.25) is 10.0 Å². The highest BCUT2D eigenvalue weighted by Crippen LogP contribution is 2.35. The van der Waals surface area contributed by atoms with Gasteiger partial charge in [0, 0.05) is 32.4 Å². The molecule has 2 nitrogen and oxygen atoms in total. The Hall–Kier alpha value is -1.51. The second kappa shape index (κ2) is 4.78. The first kappa shape index (κ1) is 12.0. The molecular formula is C13H9Cl2NO. The lowest BCUT2D eigenvalue weighted by Gasteiger charge is -2.10. The smallest absolute Gasteiger partial charge is 0.150 e.